The lowest BCUT2D eigenvalue weighted by atomic mass is 10.1. The third kappa shape index (κ3) is 4.76. The van der Waals surface area contributed by atoms with Crippen LogP contribution >= 0.6 is 11.3 Å². The predicted molar refractivity (Wildman–Crippen MR) is 106 cm³/mol. The molecular weight excluding hydrogens is 379 g/mol. The van der Waals surface area contributed by atoms with Crippen LogP contribution in [0.2, 0.25) is 0 Å². The number of hydrogen-bond acceptors (Lipinski definition) is 4. The quantitative estimate of drug-likeness (QED) is 0.697. The Balaban J connectivity index is 1.76. The van der Waals surface area contributed by atoms with Crippen molar-refractivity contribution >= 4 is 23.2 Å². The zero-order valence-corrected chi connectivity index (χ0v) is 16.8. The van der Waals surface area contributed by atoms with Crippen LogP contribution in [0, 0.1) is 5.82 Å². The van der Waals surface area contributed by atoms with Crippen LogP contribution in [0.5, 0.6) is 0 Å². The van der Waals surface area contributed by atoms with Crippen LogP contribution < -0.4 is 0 Å². The number of aromatic carboxylic acids is 1. The highest BCUT2D eigenvalue weighted by Gasteiger charge is 2.33. The largest absolute Gasteiger partial charge is 0.477 e. The second-order valence-electron chi connectivity index (χ2n) is 7.11. The van der Waals surface area contributed by atoms with Crippen molar-refractivity contribution in [2.45, 2.75) is 57.9 Å². The van der Waals surface area contributed by atoms with Gasteiger partial charge in [-0.1, -0.05) is 25.5 Å². The Morgan fingerprint density at radius 3 is 2.71 bits per heavy atom. The van der Waals surface area contributed by atoms with E-state index in [1.165, 1.54) is 23.5 Å². The summed E-state index contributed by atoms with van der Waals surface area (Å²) in [6.45, 7) is 2.77. The van der Waals surface area contributed by atoms with E-state index in [0.29, 0.717) is 36.5 Å². The highest BCUT2D eigenvalue weighted by atomic mass is 32.1. The summed E-state index contributed by atoms with van der Waals surface area (Å²) in [7, 11) is 0. The van der Waals surface area contributed by atoms with Crippen molar-refractivity contribution in [3.63, 3.8) is 0 Å². The maximum absolute atomic E-state index is 13.1. The van der Waals surface area contributed by atoms with Crippen molar-refractivity contribution in [1.29, 1.82) is 0 Å². The third-order valence-electron chi connectivity index (χ3n) is 5.07. The SMILES string of the molecule is CCCCC(=O)N1CCC[C@@H]1c1nc(CCc2ccc(F)cc2)c(C(=O)O)s1. The molecule has 3 rings (SSSR count). The molecule has 1 atom stereocenters. The summed E-state index contributed by atoms with van der Waals surface area (Å²) in [4.78, 5) is 30.9. The number of aromatic nitrogens is 1. The minimum atomic E-state index is -0.986. The summed E-state index contributed by atoms with van der Waals surface area (Å²) in [6, 6.07) is 6.09. The molecule has 1 aliphatic rings. The van der Waals surface area contributed by atoms with Crippen LogP contribution in [0.1, 0.15) is 71.0 Å². The molecule has 1 N–H and O–H groups in total. The number of aryl methyl sites for hydroxylation is 2. The van der Waals surface area contributed by atoms with Gasteiger partial charge in [-0.3, -0.25) is 4.79 Å². The molecule has 0 bridgehead atoms. The zero-order chi connectivity index (χ0) is 20.1. The molecule has 1 aromatic carbocycles. The number of hydrogen-bond donors (Lipinski definition) is 1. The maximum atomic E-state index is 13.1. The van der Waals surface area contributed by atoms with Crippen LogP contribution in [-0.4, -0.2) is 33.4 Å². The average molecular weight is 405 g/mol. The summed E-state index contributed by atoms with van der Waals surface area (Å²) < 4.78 is 13.1. The lowest BCUT2D eigenvalue weighted by molar-refractivity contribution is -0.132. The fourth-order valence-electron chi connectivity index (χ4n) is 3.56. The molecule has 0 unspecified atom stereocenters. The summed E-state index contributed by atoms with van der Waals surface area (Å²) in [5, 5.41) is 10.3. The molecule has 5 nitrogen and oxygen atoms in total. The van der Waals surface area contributed by atoms with Gasteiger partial charge in [-0.15, -0.1) is 11.3 Å². The molecule has 0 spiro atoms. The summed E-state index contributed by atoms with van der Waals surface area (Å²) in [6.07, 6.45) is 5.16. The highest BCUT2D eigenvalue weighted by Crippen LogP contribution is 2.36. The van der Waals surface area contributed by atoms with Crippen molar-refractivity contribution in [3.8, 4) is 0 Å². The monoisotopic (exact) mass is 404 g/mol. The van der Waals surface area contributed by atoms with Crippen LogP contribution in [0.15, 0.2) is 24.3 Å². The number of carbonyl (C=O) groups is 2. The number of halogens is 1. The topological polar surface area (TPSA) is 70.5 Å². The molecule has 2 heterocycles. The van der Waals surface area contributed by atoms with Crippen LogP contribution in [0.4, 0.5) is 4.39 Å². The Kier molecular flexibility index (Phi) is 6.78. The third-order valence-corrected chi connectivity index (χ3v) is 6.26. The van der Waals surface area contributed by atoms with Gasteiger partial charge < -0.3 is 10.0 Å². The number of carboxylic acid groups (broad SMARTS) is 1. The lowest BCUT2D eigenvalue weighted by Crippen LogP contribution is -2.30. The molecule has 0 radical (unpaired) electrons. The molecule has 1 saturated heterocycles. The number of carbonyl (C=O) groups excluding carboxylic acids is 1. The standard InChI is InChI=1S/C21H25FN2O3S/c1-2-3-6-18(25)24-13-4-5-17(24)20-23-16(19(28-20)21(26)27)12-9-14-7-10-15(22)11-8-14/h7-8,10-11,17H,2-6,9,12-13H2,1H3,(H,26,27)/t17-/m1/s1. The van der Waals surface area contributed by atoms with Gasteiger partial charge in [0.25, 0.3) is 0 Å². The van der Waals surface area contributed by atoms with Gasteiger partial charge in [-0.2, -0.15) is 0 Å². The zero-order valence-electron chi connectivity index (χ0n) is 16.0. The average Bonchev–Trinajstić information content (AvgIpc) is 3.32. The number of rotatable bonds is 8. The first-order valence-corrected chi connectivity index (χ1v) is 10.6. The van der Waals surface area contributed by atoms with Crippen molar-refractivity contribution < 1.29 is 19.1 Å². The van der Waals surface area contributed by atoms with Crippen LogP contribution in [-0.2, 0) is 17.6 Å². The Hall–Kier alpha value is -2.28. The molecule has 7 heteroatoms. The van der Waals surface area contributed by atoms with Gasteiger partial charge in [0.05, 0.1) is 11.7 Å². The number of thiazole rings is 1. The van der Waals surface area contributed by atoms with Crippen molar-refractivity contribution in [2.75, 3.05) is 6.54 Å². The summed E-state index contributed by atoms with van der Waals surface area (Å²) in [5.41, 5.74) is 1.48. The second-order valence-corrected chi connectivity index (χ2v) is 8.14. The van der Waals surface area contributed by atoms with Crippen molar-refractivity contribution in [1.82, 2.24) is 9.88 Å². The smallest absolute Gasteiger partial charge is 0.347 e. The Labute approximate surface area is 168 Å². The van der Waals surface area contributed by atoms with Crippen LogP contribution in [0.3, 0.4) is 0 Å². The molecule has 1 aromatic heterocycles. The number of benzene rings is 1. The molecule has 1 fully saturated rings. The van der Waals surface area contributed by atoms with Gasteiger partial charge in [0.2, 0.25) is 5.91 Å². The second kappa shape index (κ2) is 9.28. The molecule has 0 aliphatic carbocycles. The molecule has 28 heavy (non-hydrogen) atoms. The van der Waals surface area contributed by atoms with E-state index in [1.54, 1.807) is 12.1 Å². The summed E-state index contributed by atoms with van der Waals surface area (Å²) >= 11 is 1.18. The van der Waals surface area contributed by atoms with E-state index in [4.69, 9.17) is 0 Å². The van der Waals surface area contributed by atoms with Gasteiger partial charge in [-0.05, 0) is 49.8 Å². The molecule has 1 aliphatic heterocycles. The van der Waals surface area contributed by atoms with E-state index in [1.807, 2.05) is 4.90 Å². The minimum Gasteiger partial charge on any atom is -0.477 e. The van der Waals surface area contributed by atoms with E-state index >= 15 is 0 Å². The molecule has 2 aromatic rings. The highest BCUT2D eigenvalue weighted by molar-refractivity contribution is 7.13. The van der Waals surface area contributed by atoms with E-state index in [9.17, 15) is 19.1 Å². The first-order chi connectivity index (χ1) is 13.5. The molecule has 1 amide bonds. The first kappa shape index (κ1) is 20.5. The number of nitrogens with zero attached hydrogens (tertiary/aromatic N) is 2. The fraction of sp³-hybridized carbons (Fsp3) is 0.476. The van der Waals surface area contributed by atoms with E-state index < -0.39 is 5.97 Å². The van der Waals surface area contributed by atoms with E-state index in [2.05, 4.69) is 11.9 Å². The van der Waals surface area contributed by atoms with Crippen LogP contribution in [0.25, 0.3) is 0 Å². The number of carboxylic acids is 1. The molecular formula is C21H25FN2O3S. The van der Waals surface area contributed by atoms with E-state index in [0.717, 1.165) is 31.2 Å². The number of unbranched alkanes of at least 4 members (excludes halogenated alkanes) is 1. The maximum Gasteiger partial charge on any atom is 0.347 e. The first-order valence-electron chi connectivity index (χ1n) is 9.76. The number of likely N-dealkylation sites (tertiary alicyclic amines) is 1. The van der Waals surface area contributed by atoms with Crippen molar-refractivity contribution in [2.24, 2.45) is 0 Å². The molecule has 150 valence electrons. The minimum absolute atomic E-state index is 0.118. The van der Waals surface area contributed by atoms with E-state index in [-0.39, 0.29) is 22.6 Å². The molecule has 0 saturated carbocycles. The Morgan fingerprint density at radius 2 is 2.04 bits per heavy atom. The van der Waals surface area contributed by atoms with Gasteiger partial charge in [0.1, 0.15) is 15.7 Å². The normalized spacial score (nSPS) is 16.5. The number of amides is 1. The van der Waals surface area contributed by atoms with Gasteiger partial charge in [-0.25, -0.2) is 14.2 Å². The van der Waals surface area contributed by atoms with Crippen molar-refractivity contribution in [3.05, 3.63) is 51.2 Å². The Bertz CT molecular complexity index is 835. The fourth-order valence-corrected chi connectivity index (χ4v) is 4.66. The summed E-state index contributed by atoms with van der Waals surface area (Å²) in [5.74, 6) is -1.15. The predicted octanol–water partition coefficient (Wildman–Crippen LogP) is 4.62. The lowest BCUT2D eigenvalue weighted by Gasteiger charge is -2.23. The Morgan fingerprint density at radius 1 is 1.29 bits per heavy atom. The van der Waals surface area contributed by atoms with Gasteiger partial charge in [0.15, 0.2) is 0 Å². The van der Waals surface area contributed by atoms with Gasteiger partial charge >= 0.3 is 5.97 Å². The van der Waals surface area contributed by atoms with Gasteiger partial charge in [0, 0.05) is 13.0 Å².